The highest BCUT2D eigenvalue weighted by atomic mass is 16.2. The summed E-state index contributed by atoms with van der Waals surface area (Å²) < 4.78 is 1.73. The Labute approximate surface area is 136 Å². The molecule has 0 aliphatic carbocycles. The van der Waals surface area contributed by atoms with Gasteiger partial charge in [0.15, 0.2) is 0 Å². The van der Waals surface area contributed by atoms with Crippen LogP contribution in [-0.2, 0) is 11.8 Å². The first-order chi connectivity index (χ1) is 11.1. The number of rotatable bonds is 4. The van der Waals surface area contributed by atoms with E-state index in [9.17, 15) is 4.79 Å². The lowest BCUT2D eigenvalue weighted by molar-refractivity contribution is -0.120. The molecule has 3 rings (SSSR count). The predicted molar refractivity (Wildman–Crippen MR) is 89.9 cm³/mol. The SMILES string of the molecule is CC(C)N1CCCC1C(=O)Nc1cccnc1-c1cnn(C)c1. The molecule has 2 aromatic rings. The van der Waals surface area contributed by atoms with E-state index in [0.29, 0.717) is 6.04 Å². The molecule has 0 aromatic carbocycles. The fraction of sp³-hybridized carbons (Fsp3) is 0.471. The van der Waals surface area contributed by atoms with Gasteiger partial charge in [-0.2, -0.15) is 5.10 Å². The number of carbonyl (C=O) groups excluding carboxylic acids is 1. The third-order valence-corrected chi connectivity index (χ3v) is 4.30. The summed E-state index contributed by atoms with van der Waals surface area (Å²) in [6, 6.07) is 4.04. The van der Waals surface area contributed by atoms with E-state index >= 15 is 0 Å². The zero-order valence-electron chi connectivity index (χ0n) is 13.9. The second-order valence-corrected chi connectivity index (χ2v) is 6.28. The van der Waals surface area contributed by atoms with Crippen molar-refractivity contribution in [2.75, 3.05) is 11.9 Å². The van der Waals surface area contributed by atoms with Crippen LogP contribution in [0.4, 0.5) is 5.69 Å². The van der Waals surface area contributed by atoms with Gasteiger partial charge in [-0.25, -0.2) is 0 Å². The maximum atomic E-state index is 12.7. The minimum atomic E-state index is -0.0584. The molecule has 0 saturated carbocycles. The number of carbonyl (C=O) groups is 1. The van der Waals surface area contributed by atoms with Crippen molar-refractivity contribution >= 4 is 11.6 Å². The molecule has 1 amide bonds. The first kappa shape index (κ1) is 15.7. The fourth-order valence-corrected chi connectivity index (χ4v) is 3.18. The van der Waals surface area contributed by atoms with Crippen molar-refractivity contribution in [2.45, 2.75) is 38.8 Å². The number of amides is 1. The molecular formula is C17H23N5O. The smallest absolute Gasteiger partial charge is 0.241 e. The van der Waals surface area contributed by atoms with Crippen LogP contribution in [0.3, 0.4) is 0 Å². The summed E-state index contributed by atoms with van der Waals surface area (Å²) in [6.45, 7) is 5.26. The second kappa shape index (κ2) is 6.50. The summed E-state index contributed by atoms with van der Waals surface area (Å²) in [6.07, 6.45) is 7.36. The van der Waals surface area contributed by atoms with Gasteiger partial charge in [-0.15, -0.1) is 0 Å². The fourth-order valence-electron chi connectivity index (χ4n) is 3.18. The van der Waals surface area contributed by atoms with E-state index < -0.39 is 0 Å². The van der Waals surface area contributed by atoms with Crippen LogP contribution in [0, 0.1) is 0 Å². The predicted octanol–water partition coefficient (Wildman–Crippen LogP) is 2.29. The van der Waals surface area contributed by atoms with Gasteiger partial charge in [-0.05, 0) is 45.4 Å². The minimum absolute atomic E-state index is 0.0503. The van der Waals surface area contributed by atoms with Crippen molar-refractivity contribution in [3.05, 3.63) is 30.7 Å². The Hall–Kier alpha value is -2.21. The van der Waals surface area contributed by atoms with Crippen LogP contribution >= 0.6 is 0 Å². The standard InChI is InChI=1S/C17H23N5O/c1-12(2)22-9-5-7-15(22)17(23)20-14-6-4-8-18-16(14)13-10-19-21(3)11-13/h4,6,8,10-12,15H,5,7,9H2,1-3H3,(H,20,23). The molecule has 122 valence electrons. The highest BCUT2D eigenvalue weighted by Crippen LogP contribution is 2.27. The first-order valence-electron chi connectivity index (χ1n) is 8.07. The Morgan fingerprint density at radius 1 is 1.43 bits per heavy atom. The van der Waals surface area contributed by atoms with Crippen LogP contribution in [0.1, 0.15) is 26.7 Å². The highest BCUT2D eigenvalue weighted by molar-refractivity contribution is 5.97. The Morgan fingerprint density at radius 3 is 2.96 bits per heavy atom. The number of nitrogens with zero attached hydrogens (tertiary/aromatic N) is 4. The molecule has 1 fully saturated rings. The topological polar surface area (TPSA) is 63.1 Å². The Morgan fingerprint density at radius 2 is 2.26 bits per heavy atom. The number of anilines is 1. The lowest BCUT2D eigenvalue weighted by Gasteiger charge is -2.27. The maximum Gasteiger partial charge on any atom is 0.241 e. The zero-order valence-corrected chi connectivity index (χ0v) is 13.9. The van der Waals surface area contributed by atoms with E-state index in [4.69, 9.17) is 0 Å². The average molecular weight is 313 g/mol. The molecule has 0 radical (unpaired) electrons. The Bertz CT molecular complexity index is 694. The zero-order chi connectivity index (χ0) is 16.4. The quantitative estimate of drug-likeness (QED) is 0.941. The lowest BCUT2D eigenvalue weighted by atomic mass is 10.1. The number of hydrogen-bond acceptors (Lipinski definition) is 4. The van der Waals surface area contributed by atoms with Crippen LogP contribution in [0.15, 0.2) is 30.7 Å². The summed E-state index contributed by atoms with van der Waals surface area (Å²) in [5.41, 5.74) is 2.39. The highest BCUT2D eigenvalue weighted by Gasteiger charge is 2.32. The largest absolute Gasteiger partial charge is 0.323 e. The van der Waals surface area contributed by atoms with Gasteiger partial charge in [0.25, 0.3) is 0 Å². The maximum absolute atomic E-state index is 12.7. The van der Waals surface area contributed by atoms with Gasteiger partial charge in [-0.1, -0.05) is 0 Å². The minimum Gasteiger partial charge on any atom is -0.323 e. The lowest BCUT2D eigenvalue weighted by Crippen LogP contribution is -2.43. The number of pyridine rings is 1. The van der Waals surface area contributed by atoms with E-state index in [2.05, 4.69) is 34.1 Å². The van der Waals surface area contributed by atoms with Gasteiger partial charge >= 0.3 is 0 Å². The molecule has 2 aromatic heterocycles. The van der Waals surface area contributed by atoms with E-state index in [1.54, 1.807) is 17.1 Å². The van der Waals surface area contributed by atoms with Gasteiger partial charge in [0.05, 0.1) is 23.6 Å². The normalized spacial score (nSPS) is 18.5. The van der Waals surface area contributed by atoms with Crippen LogP contribution in [-0.4, -0.2) is 44.2 Å². The van der Waals surface area contributed by atoms with Gasteiger partial charge < -0.3 is 5.32 Å². The van der Waals surface area contributed by atoms with Gasteiger partial charge in [0.2, 0.25) is 5.91 Å². The van der Waals surface area contributed by atoms with E-state index in [1.165, 1.54) is 0 Å². The monoisotopic (exact) mass is 313 g/mol. The van der Waals surface area contributed by atoms with Crippen molar-refractivity contribution in [3.63, 3.8) is 0 Å². The molecule has 3 heterocycles. The number of aromatic nitrogens is 3. The molecule has 0 spiro atoms. The van der Waals surface area contributed by atoms with Crippen molar-refractivity contribution in [2.24, 2.45) is 7.05 Å². The van der Waals surface area contributed by atoms with Crippen molar-refractivity contribution in [1.82, 2.24) is 19.7 Å². The Kier molecular flexibility index (Phi) is 4.43. The number of likely N-dealkylation sites (tertiary alicyclic amines) is 1. The molecule has 1 unspecified atom stereocenters. The molecular weight excluding hydrogens is 290 g/mol. The molecule has 1 aliphatic heterocycles. The van der Waals surface area contributed by atoms with E-state index in [0.717, 1.165) is 36.3 Å². The van der Waals surface area contributed by atoms with Crippen LogP contribution in [0.2, 0.25) is 0 Å². The first-order valence-corrected chi connectivity index (χ1v) is 8.07. The van der Waals surface area contributed by atoms with Crippen LogP contribution in [0.5, 0.6) is 0 Å². The molecule has 1 N–H and O–H groups in total. The van der Waals surface area contributed by atoms with Gasteiger partial charge in [-0.3, -0.25) is 19.4 Å². The van der Waals surface area contributed by atoms with Crippen molar-refractivity contribution < 1.29 is 4.79 Å². The average Bonchev–Trinajstić information content (AvgIpc) is 3.16. The number of nitrogens with one attached hydrogen (secondary N) is 1. The molecule has 23 heavy (non-hydrogen) atoms. The van der Waals surface area contributed by atoms with E-state index in [1.807, 2.05) is 25.4 Å². The Balaban J connectivity index is 1.82. The molecule has 6 nitrogen and oxygen atoms in total. The van der Waals surface area contributed by atoms with Crippen molar-refractivity contribution in [3.8, 4) is 11.3 Å². The molecule has 0 bridgehead atoms. The summed E-state index contributed by atoms with van der Waals surface area (Å²) >= 11 is 0. The molecule has 1 atom stereocenters. The third-order valence-electron chi connectivity index (χ3n) is 4.30. The van der Waals surface area contributed by atoms with Crippen molar-refractivity contribution in [1.29, 1.82) is 0 Å². The number of hydrogen-bond donors (Lipinski definition) is 1. The summed E-state index contributed by atoms with van der Waals surface area (Å²) in [5.74, 6) is 0.0503. The van der Waals surface area contributed by atoms with Gasteiger partial charge in [0.1, 0.15) is 0 Å². The molecule has 1 aliphatic rings. The van der Waals surface area contributed by atoms with Gasteiger partial charge in [0, 0.05) is 31.0 Å². The van der Waals surface area contributed by atoms with Crippen LogP contribution in [0.25, 0.3) is 11.3 Å². The number of aryl methyl sites for hydroxylation is 1. The molecule has 1 saturated heterocycles. The summed E-state index contributed by atoms with van der Waals surface area (Å²) in [7, 11) is 1.86. The van der Waals surface area contributed by atoms with E-state index in [-0.39, 0.29) is 11.9 Å². The third kappa shape index (κ3) is 3.27. The summed E-state index contributed by atoms with van der Waals surface area (Å²) in [4.78, 5) is 19.4. The second-order valence-electron chi connectivity index (χ2n) is 6.28. The molecule has 6 heteroatoms. The van der Waals surface area contributed by atoms with Crippen LogP contribution < -0.4 is 5.32 Å². The summed E-state index contributed by atoms with van der Waals surface area (Å²) in [5, 5.41) is 7.25.